The van der Waals surface area contributed by atoms with Gasteiger partial charge in [-0.25, -0.2) is 0 Å². The SMILES string of the molecule is CC1(CN2CCNCC(C(F)(F)F)C2)CCCC1. The first-order chi connectivity index (χ1) is 8.39. The molecule has 0 aromatic carbocycles. The average molecular weight is 264 g/mol. The standard InChI is InChI=1S/C13H23F3N2/c1-12(4-2-3-5-12)10-18-7-6-17-8-11(9-18)13(14,15)16/h11,17H,2-10H2,1H3. The van der Waals surface area contributed by atoms with E-state index in [1.165, 1.54) is 12.8 Å². The van der Waals surface area contributed by atoms with Crippen LogP contribution >= 0.6 is 0 Å². The van der Waals surface area contributed by atoms with E-state index >= 15 is 0 Å². The number of nitrogens with zero attached hydrogens (tertiary/aromatic N) is 1. The number of rotatable bonds is 2. The number of hydrogen-bond donors (Lipinski definition) is 1. The molecule has 0 amide bonds. The fourth-order valence-corrected chi connectivity index (χ4v) is 3.27. The van der Waals surface area contributed by atoms with E-state index in [4.69, 9.17) is 0 Å². The predicted octanol–water partition coefficient (Wildman–Crippen LogP) is 2.65. The quantitative estimate of drug-likeness (QED) is 0.825. The van der Waals surface area contributed by atoms with Crippen molar-refractivity contribution in [2.75, 3.05) is 32.7 Å². The third kappa shape index (κ3) is 3.60. The van der Waals surface area contributed by atoms with E-state index in [1.807, 2.05) is 4.90 Å². The first-order valence-electron chi connectivity index (χ1n) is 6.89. The second-order valence-electron chi connectivity index (χ2n) is 6.20. The Kier molecular flexibility index (Phi) is 4.22. The second kappa shape index (κ2) is 5.37. The molecule has 0 aromatic rings. The molecule has 1 atom stereocenters. The van der Waals surface area contributed by atoms with Gasteiger partial charge in [-0.3, -0.25) is 0 Å². The first kappa shape index (κ1) is 14.1. The summed E-state index contributed by atoms with van der Waals surface area (Å²) < 4.78 is 38.5. The molecule has 5 heteroatoms. The number of halogens is 3. The summed E-state index contributed by atoms with van der Waals surface area (Å²) in [5, 5.41) is 2.91. The molecule has 0 aromatic heterocycles. The van der Waals surface area contributed by atoms with Gasteiger partial charge in [0.1, 0.15) is 0 Å². The van der Waals surface area contributed by atoms with Crippen molar-refractivity contribution >= 4 is 0 Å². The molecule has 0 spiro atoms. The van der Waals surface area contributed by atoms with Crippen LogP contribution < -0.4 is 5.32 Å². The molecule has 1 heterocycles. The molecular weight excluding hydrogens is 241 g/mol. The van der Waals surface area contributed by atoms with Crippen molar-refractivity contribution in [1.29, 1.82) is 0 Å². The first-order valence-corrected chi connectivity index (χ1v) is 6.89. The maximum absolute atomic E-state index is 12.8. The van der Waals surface area contributed by atoms with Crippen molar-refractivity contribution in [3.8, 4) is 0 Å². The van der Waals surface area contributed by atoms with Crippen LogP contribution in [-0.4, -0.2) is 43.8 Å². The van der Waals surface area contributed by atoms with Crippen LogP contribution in [0.25, 0.3) is 0 Å². The van der Waals surface area contributed by atoms with Crippen LogP contribution in [0.15, 0.2) is 0 Å². The molecule has 0 radical (unpaired) electrons. The highest BCUT2D eigenvalue weighted by atomic mass is 19.4. The highest BCUT2D eigenvalue weighted by molar-refractivity contribution is 4.86. The van der Waals surface area contributed by atoms with Crippen molar-refractivity contribution in [2.45, 2.75) is 38.8 Å². The topological polar surface area (TPSA) is 15.3 Å². The molecule has 2 aliphatic rings. The number of hydrogen-bond acceptors (Lipinski definition) is 2. The minimum atomic E-state index is -4.08. The van der Waals surface area contributed by atoms with Crippen molar-refractivity contribution < 1.29 is 13.2 Å². The Morgan fingerprint density at radius 2 is 1.94 bits per heavy atom. The summed E-state index contributed by atoms with van der Waals surface area (Å²) in [5.41, 5.74) is 0.237. The summed E-state index contributed by atoms with van der Waals surface area (Å²) in [5.74, 6) is -1.22. The van der Waals surface area contributed by atoms with Gasteiger partial charge >= 0.3 is 6.18 Å². The molecule has 0 bridgehead atoms. The normalized spacial score (nSPS) is 30.3. The lowest BCUT2D eigenvalue weighted by Gasteiger charge is -2.33. The Morgan fingerprint density at radius 1 is 1.28 bits per heavy atom. The van der Waals surface area contributed by atoms with Crippen LogP contribution in [0.3, 0.4) is 0 Å². The van der Waals surface area contributed by atoms with Crippen molar-refractivity contribution in [3.05, 3.63) is 0 Å². The van der Waals surface area contributed by atoms with Crippen molar-refractivity contribution in [2.24, 2.45) is 11.3 Å². The minimum Gasteiger partial charge on any atom is -0.315 e. The van der Waals surface area contributed by atoms with Crippen LogP contribution in [0.5, 0.6) is 0 Å². The van der Waals surface area contributed by atoms with E-state index in [0.29, 0.717) is 6.54 Å². The zero-order chi connectivity index (χ0) is 13.2. The number of nitrogens with one attached hydrogen (secondary N) is 1. The van der Waals surface area contributed by atoms with Gasteiger partial charge in [0.05, 0.1) is 5.92 Å². The Morgan fingerprint density at radius 3 is 2.56 bits per heavy atom. The van der Waals surface area contributed by atoms with E-state index in [9.17, 15) is 13.2 Å². The molecular formula is C13H23F3N2. The minimum absolute atomic E-state index is 0.0662. The van der Waals surface area contributed by atoms with Gasteiger partial charge in [-0.1, -0.05) is 19.8 Å². The van der Waals surface area contributed by atoms with Gasteiger partial charge in [0, 0.05) is 32.7 Å². The molecule has 1 aliphatic carbocycles. The van der Waals surface area contributed by atoms with Gasteiger partial charge in [0.2, 0.25) is 0 Å². The molecule has 2 fully saturated rings. The lowest BCUT2D eigenvalue weighted by Crippen LogP contribution is -2.41. The van der Waals surface area contributed by atoms with Crippen molar-refractivity contribution in [3.63, 3.8) is 0 Å². The smallest absolute Gasteiger partial charge is 0.315 e. The largest absolute Gasteiger partial charge is 0.394 e. The van der Waals surface area contributed by atoms with Crippen LogP contribution in [-0.2, 0) is 0 Å². The van der Waals surface area contributed by atoms with Gasteiger partial charge in [-0.2, -0.15) is 13.2 Å². The van der Waals surface area contributed by atoms with Gasteiger partial charge in [0.15, 0.2) is 0 Å². The molecule has 1 saturated heterocycles. The highest BCUT2D eigenvalue weighted by Crippen LogP contribution is 2.38. The predicted molar refractivity (Wildman–Crippen MR) is 65.4 cm³/mol. The monoisotopic (exact) mass is 264 g/mol. The fourth-order valence-electron chi connectivity index (χ4n) is 3.27. The zero-order valence-electron chi connectivity index (χ0n) is 11.0. The van der Waals surface area contributed by atoms with Gasteiger partial charge < -0.3 is 10.2 Å². The summed E-state index contributed by atoms with van der Waals surface area (Å²) >= 11 is 0. The summed E-state index contributed by atoms with van der Waals surface area (Å²) in [7, 11) is 0. The van der Waals surface area contributed by atoms with Gasteiger partial charge in [-0.15, -0.1) is 0 Å². The van der Waals surface area contributed by atoms with E-state index < -0.39 is 12.1 Å². The zero-order valence-corrected chi connectivity index (χ0v) is 11.0. The average Bonchev–Trinajstić information content (AvgIpc) is 2.54. The molecule has 1 unspecified atom stereocenters. The Balaban J connectivity index is 1.95. The molecule has 106 valence electrons. The maximum Gasteiger partial charge on any atom is 0.394 e. The van der Waals surface area contributed by atoms with Crippen LogP contribution in [0.2, 0.25) is 0 Å². The molecule has 1 saturated carbocycles. The van der Waals surface area contributed by atoms with Crippen LogP contribution in [0.1, 0.15) is 32.6 Å². The highest BCUT2D eigenvalue weighted by Gasteiger charge is 2.42. The lowest BCUT2D eigenvalue weighted by atomic mass is 9.88. The van der Waals surface area contributed by atoms with Gasteiger partial charge in [-0.05, 0) is 18.3 Å². The summed E-state index contributed by atoms with van der Waals surface area (Å²) in [6.45, 7) is 4.68. The lowest BCUT2D eigenvalue weighted by molar-refractivity contribution is -0.176. The molecule has 18 heavy (non-hydrogen) atoms. The Labute approximate surface area is 107 Å². The van der Waals surface area contributed by atoms with E-state index in [0.717, 1.165) is 25.9 Å². The van der Waals surface area contributed by atoms with Crippen molar-refractivity contribution in [1.82, 2.24) is 10.2 Å². The summed E-state index contributed by atoms with van der Waals surface area (Å²) in [6.07, 6.45) is 0.698. The molecule has 2 nitrogen and oxygen atoms in total. The number of alkyl halides is 3. The van der Waals surface area contributed by atoms with Crippen LogP contribution in [0.4, 0.5) is 13.2 Å². The fraction of sp³-hybridized carbons (Fsp3) is 1.00. The van der Waals surface area contributed by atoms with E-state index in [2.05, 4.69) is 12.2 Å². The third-order valence-electron chi connectivity index (χ3n) is 4.35. The Hall–Kier alpha value is -0.290. The molecule has 2 rings (SSSR count). The third-order valence-corrected chi connectivity index (χ3v) is 4.35. The van der Waals surface area contributed by atoms with Crippen LogP contribution in [0, 0.1) is 11.3 Å². The summed E-state index contributed by atoms with van der Waals surface area (Å²) in [6, 6.07) is 0. The van der Waals surface area contributed by atoms with E-state index in [-0.39, 0.29) is 18.5 Å². The van der Waals surface area contributed by atoms with Gasteiger partial charge in [0.25, 0.3) is 0 Å². The van der Waals surface area contributed by atoms with E-state index in [1.54, 1.807) is 0 Å². The summed E-state index contributed by atoms with van der Waals surface area (Å²) in [4.78, 5) is 2.02. The maximum atomic E-state index is 12.8. The Bertz CT molecular complexity index is 272. The molecule has 1 N–H and O–H groups in total. The second-order valence-corrected chi connectivity index (χ2v) is 6.20. The molecule has 1 aliphatic heterocycles.